The van der Waals surface area contributed by atoms with Gasteiger partial charge in [-0.25, -0.2) is 4.98 Å². The van der Waals surface area contributed by atoms with Crippen molar-refractivity contribution in [3.05, 3.63) is 22.7 Å². The molecule has 0 saturated carbocycles. The van der Waals surface area contributed by atoms with Crippen LogP contribution in [0.2, 0.25) is 0 Å². The van der Waals surface area contributed by atoms with Crippen LogP contribution in [0.1, 0.15) is 13.8 Å². The number of anilines is 1. The molecule has 6 heteroatoms. The number of thiocarbonyl (C=S) groups is 1. The highest BCUT2D eigenvalue weighted by Crippen LogP contribution is 2.05. The zero-order valence-corrected chi connectivity index (χ0v) is 11.2. The van der Waals surface area contributed by atoms with Crippen LogP contribution in [0.5, 0.6) is 0 Å². The molecule has 1 aromatic heterocycles. The normalized spacial score (nSPS) is 12.2. The summed E-state index contributed by atoms with van der Waals surface area (Å²) < 4.78 is 1.62. The number of aryl methyl sites for hydroxylation is 1. The van der Waals surface area contributed by atoms with Gasteiger partial charge in [0.05, 0.1) is 4.99 Å². The van der Waals surface area contributed by atoms with Crippen molar-refractivity contribution in [1.29, 1.82) is 0 Å². The quantitative estimate of drug-likeness (QED) is 0.780. The molecule has 0 bridgehead atoms. The summed E-state index contributed by atoms with van der Waals surface area (Å²) in [5, 5.41) is 0. The molecular formula is C11H18N4OS. The van der Waals surface area contributed by atoms with Gasteiger partial charge >= 0.3 is 0 Å². The molecule has 0 spiro atoms. The summed E-state index contributed by atoms with van der Waals surface area (Å²) in [6.07, 6.45) is 3.30. The number of rotatable bonds is 5. The number of hydrogen-bond donors (Lipinski definition) is 1. The maximum absolute atomic E-state index is 12.0. The highest BCUT2D eigenvalue weighted by atomic mass is 32.1. The van der Waals surface area contributed by atoms with E-state index in [1.807, 2.05) is 20.9 Å². The molecule has 1 aromatic rings. The third-order valence-corrected chi connectivity index (χ3v) is 3.03. The maximum Gasteiger partial charge on any atom is 0.293 e. The Bertz CT molecular complexity index is 457. The van der Waals surface area contributed by atoms with Crippen molar-refractivity contribution in [3.8, 4) is 0 Å². The Morgan fingerprint density at radius 2 is 2.35 bits per heavy atom. The van der Waals surface area contributed by atoms with Gasteiger partial charge in [-0.1, -0.05) is 19.1 Å². The highest BCUT2D eigenvalue weighted by molar-refractivity contribution is 7.80. The van der Waals surface area contributed by atoms with Gasteiger partial charge in [-0.3, -0.25) is 4.79 Å². The minimum atomic E-state index is -0.0901. The van der Waals surface area contributed by atoms with Crippen LogP contribution < -0.4 is 16.2 Å². The second-order valence-corrected chi connectivity index (χ2v) is 4.50. The first-order valence-electron chi connectivity index (χ1n) is 5.53. The van der Waals surface area contributed by atoms with Crippen molar-refractivity contribution >= 4 is 23.0 Å². The average molecular weight is 254 g/mol. The fourth-order valence-corrected chi connectivity index (χ4v) is 1.61. The van der Waals surface area contributed by atoms with E-state index in [0.29, 0.717) is 23.9 Å². The summed E-state index contributed by atoms with van der Waals surface area (Å²) in [5.74, 6) is 0.476. The Morgan fingerprint density at radius 3 is 2.88 bits per heavy atom. The number of aromatic nitrogens is 2. The Morgan fingerprint density at radius 1 is 1.71 bits per heavy atom. The summed E-state index contributed by atoms with van der Waals surface area (Å²) >= 11 is 4.92. The van der Waals surface area contributed by atoms with Gasteiger partial charge in [-0.2, -0.15) is 0 Å². The lowest BCUT2D eigenvalue weighted by Gasteiger charge is -2.21. The van der Waals surface area contributed by atoms with Gasteiger partial charge in [0.15, 0.2) is 5.82 Å². The molecule has 0 radical (unpaired) electrons. The van der Waals surface area contributed by atoms with Crippen LogP contribution >= 0.6 is 12.2 Å². The lowest BCUT2D eigenvalue weighted by molar-refractivity contribution is 0.689. The minimum Gasteiger partial charge on any atom is -0.393 e. The Hall–Kier alpha value is -1.43. The van der Waals surface area contributed by atoms with E-state index in [2.05, 4.69) is 4.98 Å². The lowest BCUT2D eigenvalue weighted by Crippen LogP contribution is -2.36. The Labute approximate surface area is 106 Å². The van der Waals surface area contributed by atoms with E-state index in [9.17, 15) is 4.79 Å². The van der Waals surface area contributed by atoms with Crippen molar-refractivity contribution in [1.82, 2.24) is 9.55 Å². The zero-order valence-electron chi connectivity index (χ0n) is 10.4. The molecule has 0 aliphatic carbocycles. The van der Waals surface area contributed by atoms with E-state index < -0.39 is 0 Å². The second-order valence-electron chi connectivity index (χ2n) is 4.03. The van der Waals surface area contributed by atoms with Gasteiger partial charge in [0, 0.05) is 38.4 Å². The third kappa shape index (κ3) is 3.26. The van der Waals surface area contributed by atoms with Crippen molar-refractivity contribution < 1.29 is 0 Å². The average Bonchev–Trinajstić information content (AvgIpc) is 2.28. The molecule has 0 saturated heterocycles. The molecule has 5 nitrogen and oxygen atoms in total. The SMILES string of the molecule is CCn1ccnc(N(C)CC(C)C(N)=S)c1=O. The molecule has 94 valence electrons. The van der Waals surface area contributed by atoms with Gasteiger partial charge in [-0.15, -0.1) is 0 Å². The molecule has 0 aromatic carbocycles. The zero-order chi connectivity index (χ0) is 13.0. The van der Waals surface area contributed by atoms with E-state index in [1.54, 1.807) is 21.9 Å². The van der Waals surface area contributed by atoms with E-state index in [-0.39, 0.29) is 11.5 Å². The highest BCUT2D eigenvalue weighted by Gasteiger charge is 2.13. The Balaban J connectivity index is 2.93. The topological polar surface area (TPSA) is 64.2 Å². The fraction of sp³-hybridized carbons (Fsp3) is 0.545. The van der Waals surface area contributed by atoms with Crippen LogP contribution in [0.15, 0.2) is 17.2 Å². The molecule has 0 amide bonds. The van der Waals surface area contributed by atoms with E-state index >= 15 is 0 Å². The van der Waals surface area contributed by atoms with Crippen LogP contribution in [0.4, 0.5) is 5.82 Å². The number of nitrogens with zero attached hydrogens (tertiary/aromatic N) is 3. The molecule has 1 unspecified atom stereocenters. The molecule has 17 heavy (non-hydrogen) atoms. The smallest absolute Gasteiger partial charge is 0.293 e. The van der Waals surface area contributed by atoms with E-state index in [1.165, 1.54) is 0 Å². The monoisotopic (exact) mass is 254 g/mol. The molecule has 0 aliphatic heterocycles. The van der Waals surface area contributed by atoms with Gasteiger partial charge in [0.1, 0.15) is 0 Å². The molecule has 0 fully saturated rings. The fourth-order valence-electron chi connectivity index (χ4n) is 1.53. The van der Waals surface area contributed by atoms with Crippen LogP contribution in [0, 0.1) is 5.92 Å². The summed E-state index contributed by atoms with van der Waals surface area (Å²) in [4.78, 5) is 18.3. The molecule has 2 N–H and O–H groups in total. The molecular weight excluding hydrogens is 236 g/mol. The molecule has 1 atom stereocenters. The van der Waals surface area contributed by atoms with Crippen LogP contribution in [-0.4, -0.2) is 28.1 Å². The largest absolute Gasteiger partial charge is 0.393 e. The number of nitrogens with two attached hydrogens (primary N) is 1. The van der Waals surface area contributed by atoms with Crippen LogP contribution in [0.3, 0.4) is 0 Å². The van der Waals surface area contributed by atoms with Gasteiger partial charge < -0.3 is 15.2 Å². The van der Waals surface area contributed by atoms with Crippen molar-refractivity contribution in [2.24, 2.45) is 11.7 Å². The number of hydrogen-bond acceptors (Lipinski definition) is 4. The van der Waals surface area contributed by atoms with Gasteiger partial charge in [-0.05, 0) is 6.92 Å². The van der Waals surface area contributed by atoms with E-state index in [0.717, 1.165) is 0 Å². The second kappa shape index (κ2) is 5.77. The summed E-state index contributed by atoms with van der Waals surface area (Å²) in [7, 11) is 1.82. The van der Waals surface area contributed by atoms with Gasteiger partial charge in [0.25, 0.3) is 5.56 Å². The molecule has 1 heterocycles. The van der Waals surface area contributed by atoms with Gasteiger partial charge in [0.2, 0.25) is 0 Å². The van der Waals surface area contributed by atoms with Crippen molar-refractivity contribution in [2.45, 2.75) is 20.4 Å². The molecule has 1 rings (SSSR count). The molecule has 0 aliphatic rings. The van der Waals surface area contributed by atoms with Crippen LogP contribution in [0.25, 0.3) is 0 Å². The summed E-state index contributed by atoms with van der Waals surface area (Å²) in [6.45, 7) is 5.07. The Kier molecular flexibility index (Phi) is 4.62. The first kappa shape index (κ1) is 13.6. The standard InChI is InChI=1S/C11H18N4OS/c1-4-15-6-5-13-10(11(15)16)14(3)7-8(2)9(12)17/h5-6,8H,4,7H2,1-3H3,(H2,12,17). The predicted molar refractivity (Wildman–Crippen MR) is 73.4 cm³/mol. The minimum absolute atomic E-state index is 0.0477. The summed E-state index contributed by atoms with van der Waals surface area (Å²) in [5.41, 5.74) is 5.47. The van der Waals surface area contributed by atoms with E-state index in [4.69, 9.17) is 18.0 Å². The maximum atomic E-state index is 12.0. The van der Waals surface area contributed by atoms with Crippen molar-refractivity contribution in [2.75, 3.05) is 18.5 Å². The van der Waals surface area contributed by atoms with Crippen molar-refractivity contribution in [3.63, 3.8) is 0 Å². The third-order valence-electron chi connectivity index (χ3n) is 2.63. The summed E-state index contributed by atoms with van der Waals surface area (Å²) in [6, 6.07) is 0. The predicted octanol–water partition coefficient (Wildman–Crippen LogP) is 0.622. The first-order chi connectivity index (χ1) is 7.97. The van der Waals surface area contributed by atoms with Crippen LogP contribution in [-0.2, 0) is 6.54 Å². The first-order valence-corrected chi connectivity index (χ1v) is 5.94. The lowest BCUT2D eigenvalue weighted by atomic mass is 10.2.